The number of aromatic nitrogens is 2. The number of fused-ring (bicyclic) bond motifs is 4. The number of nitrogens with zero attached hydrogens (tertiary/aromatic N) is 3. The molecule has 0 amide bonds. The van der Waals surface area contributed by atoms with E-state index in [1.54, 1.807) is 23.1 Å². The Kier molecular flexibility index (Phi) is 3.35. The molecular formula is C18H15N3OS2. The van der Waals surface area contributed by atoms with E-state index in [1.165, 1.54) is 21.5 Å². The zero-order valence-corrected chi connectivity index (χ0v) is 14.6. The minimum Gasteiger partial charge on any atom is -0.267 e. The van der Waals surface area contributed by atoms with Crippen LogP contribution in [0.2, 0.25) is 0 Å². The highest BCUT2D eigenvalue weighted by Crippen LogP contribution is 2.35. The highest BCUT2D eigenvalue weighted by atomic mass is 32.2. The summed E-state index contributed by atoms with van der Waals surface area (Å²) in [7, 11) is 0. The number of hydrogen-bond acceptors (Lipinski definition) is 5. The van der Waals surface area contributed by atoms with Crippen molar-refractivity contribution in [2.75, 3.05) is 5.75 Å². The van der Waals surface area contributed by atoms with Crippen molar-refractivity contribution >= 4 is 39.0 Å². The Labute approximate surface area is 147 Å². The number of rotatable bonds is 1. The Bertz CT molecular complexity index is 1030. The van der Waals surface area contributed by atoms with Crippen LogP contribution in [0.4, 0.5) is 0 Å². The van der Waals surface area contributed by atoms with Crippen LogP contribution < -0.4 is 5.56 Å². The van der Waals surface area contributed by atoms with Gasteiger partial charge in [0.25, 0.3) is 5.56 Å². The molecule has 0 fully saturated rings. The van der Waals surface area contributed by atoms with E-state index in [-0.39, 0.29) is 5.56 Å². The summed E-state index contributed by atoms with van der Waals surface area (Å²) in [5, 5.41) is 6.15. The van der Waals surface area contributed by atoms with Gasteiger partial charge in [-0.2, -0.15) is 9.78 Å². The second kappa shape index (κ2) is 5.57. The minimum atomic E-state index is -0.00460. The first-order valence-corrected chi connectivity index (χ1v) is 9.95. The van der Waals surface area contributed by atoms with Crippen molar-refractivity contribution in [1.82, 2.24) is 9.66 Å². The molecule has 2 aromatic heterocycles. The summed E-state index contributed by atoms with van der Waals surface area (Å²) < 4.78 is 1.51. The van der Waals surface area contributed by atoms with Gasteiger partial charge in [-0.25, -0.2) is 4.98 Å². The van der Waals surface area contributed by atoms with Crippen molar-refractivity contribution < 1.29 is 0 Å². The predicted octanol–water partition coefficient (Wildman–Crippen LogP) is 3.69. The number of hydrogen-bond donors (Lipinski definition) is 0. The van der Waals surface area contributed by atoms with Gasteiger partial charge in [0.15, 0.2) is 5.16 Å². The van der Waals surface area contributed by atoms with Crippen LogP contribution >= 0.6 is 23.1 Å². The molecule has 0 saturated heterocycles. The molecule has 1 aliphatic heterocycles. The van der Waals surface area contributed by atoms with Gasteiger partial charge >= 0.3 is 0 Å². The second-order valence-corrected chi connectivity index (χ2v) is 8.13. The lowest BCUT2D eigenvalue weighted by atomic mass is 9.97. The van der Waals surface area contributed by atoms with E-state index >= 15 is 0 Å². The molecule has 6 heteroatoms. The van der Waals surface area contributed by atoms with Crippen LogP contribution in [0.25, 0.3) is 10.2 Å². The van der Waals surface area contributed by atoms with Crippen LogP contribution in [0.5, 0.6) is 0 Å². The third-order valence-electron chi connectivity index (χ3n) is 4.60. The molecule has 24 heavy (non-hydrogen) atoms. The van der Waals surface area contributed by atoms with Crippen LogP contribution in [-0.4, -0.2) is 21.1 Å². The van der Waals surface area contributed by atoms with Crippen molar-refractivity contribution in [3.8, 4) is 0 Å². The lowest BCUT2D eigenvalue weighted by molar-refractivity contribution is 0.687. The molecule has 5 rings (SSSR count). The van der Waals surface area contributed by atoms with Crippen molar-refractivity contribution in [3.63, 3.8) is 0 Å². The van der Waals surface area contributed by atoms with Gasteiger partial charge in [-0.15, -0.1) is 11.3 Å². The van der Waals surface area contributed by atoms with Crippen LogP contribution in [0.1, 0.15) is 28.8 Å². The van der Waals surface area contributed by atoms with Crippen molar-refractivity contribution in [2.45, 2.75) is 30.8 Å². The maximum Gasteiger partial charge on any atom is 0.283 e. The van der Waals surface area contributed by atoms with Gasteiger partial charge < -0.3 is 0 Å². The maximum atomic E-state index is 13.1. The lowest BCUT2D eigenvalue weighted by Gasteiger charge is -2.16. The molecule has 0 saturated carbocycles. The van der Waals surface area contributed by atoms with Crippen LogP contribution in [-0.2, 0) is 12.8 Å². The molecule has 0 N–H and O–H groups in total. The average molecular weight is 353 g/mol. The fraction of sp³-hybridized carbons (Fsp3) is 0.278. The highest BCUT2D eigenvalue weighted by Gasteiger charge is 2.24. The van der Waals surface area contributed by atoms with Gasteiger partial charge in [0.1, 0.15) is 4.83 Å². The summed E-state index contributed by atoms with van der Waals surface area (Å²) >= 11 is 3.29. The third-order valence-corrected chi connectivity index (χ3v) is 6.73. The normalized spacial score (nSPS) is 16.6. The first-order valence-electron chi connectivity index (χ1n) is 8.14. The van der Waals surface area contributed by atoms with E-state index in [0.717, 1.165) is 46.5 Å². The molecule has 0 spiro atoms. The van der Waals surface area contributed by atoms with Crippen LogP contribution in [0.3, 0.4) is 0 Å². The molecule has 1 aromatic carbocycles. The molecule has 0 atom stereocenters. The monoisotopic (exact) mass is 353 g/mol. The van der Waals surface area contributed by atoms with Gasteiger partial charge in [0.2, 0.25) is 0 Å². The molecule has 3 heterocycles. The average Bonchev–Trinajstić information content (AvgIpc) is 3.01. The van der Waals surface area contributed by atoms with Gasteiger partial charge in [-0.05, 0) is 36.8 Å². The van der Waals surface area contributed by atoms with E-state index in [2.05, 4.69) is 5.10 Å². The van der Waals surface area contributed by atoms with E-state index in [9.17, 15) is 4.79 Å². The molecule has 4 nitrogen and oxygen atoms in total. The first kappa shape index (κ1) is 14.4. The maximum absolute atomic E-state index is 13.1. The summed E-state index contributed by atoms with van der Waals surface area (Å²) in [5.74, 6) is 0.743. The van der Waals surface area contributed by atoms with Gasteiger partial charge in [0, 0.05) is 10.6 Å². The smallest absolute Gasteiger partial charge is 0.267 e. The zero-order valence-electron chi connectivity index (χ0n) is 13.0. The lowest BCUT2D eigenvalue weighted by Crippen LogP contribution is -2.26. The standard InChI is InChI=1S/C18H15N3OS2/c22-17-15-12-8-4-5-9-14(12)24-16(15)19-18-21(17)20-13(10-23-18)11-6-2-1-3-7-11/h1-3,6-7H,4-5,8-10H2. The number of thiophene rings is 1. The van der Waals surface area contributed by atoms with Gasteiger partial charge in [0.05, 0.1) is 11.1 Å². The SMILES string of the molecule is O=c1c2c3c(sc2nc2n1N=C(c1ccccc1)CS2)CCCC3. The van der Waals surface area contributed by atoms with E-state index in [4.69, 9.17) is 4.98 Å². The Morgan fingerprint density at radius 3 is 2.79 bits per heavy atom. The summed E-state index contributed by atoms with van der Waals surface area (Å²) in [4.78, 5) is 20.1. The first-order chi connectivity index (χ1) is 11.8. The van der Waals surface area contributed by atoms with Crippen molar-refractivity contribution in [1.29, 1.82) is 0 Å². The third kappa shape index (κ3) is 2.17. The fourth-order valence-electron chi connectivity index (χ4n) is 3.41. The predicted molar refractivity (Wildman–Crippen MR) is 99.6 cm³/mol. The molecule has 120 valence electrons. The molecule has 0 bridgehead atoms. The summed E-state index contributed by atoms with van der Waals surface area (Å²) in [6, 6.07) is 10.1. The highest BCUT2D eigenvalue weighted by molar-refractivity contribution is 7.99. The van der Waals surface area contributed by atoms with Gasteiger partial charge in [-0.1, -0.05) is 42.1 Å². The summed E-state index contributed by atoms with van der Waals surface area (Å²) in [5.41, 5.74) is 3.21. The number of benzene rings is 1. The summed E-state index contributed by atoms with van der Waals surface area (Å²) in [6.45, 7) is 0. The van der Waals surface area contributed by atoms with Crippen LogP contribution in [0, 0.1) is 0 Å². The van der Waals surface area contributed by atoms with E-state index in [0.29, 0.717) is 5.16 Å². The molecular weight excluding hydrogens is 338 g/mol. The largest absolute Gasteiger partial charge is 0.283 e. The summed E-state index contributed by atoms with van der Waals surface area (Å²) in [6.07, 6.45) is 4.45. The fourth-order valence-corrected chi connectivity index (χ4v) is 5.62. The topological polar surface area (TPSA) is 47.2 Å². The van der Waals surface area contributed by atoms with E-state index in [1.807, 2.05) is 30.3 Å². The van der Waals surface area contributed by atoms with Crippen molar-refractivity contribution in [3.05, 3.63) is 56.7 Å². The Morgan fingerprint density at radius 2 is 1.92 bits per heavy atom. The van der Waals surface area contributed by atoms with Crippen molar-refractivity contribution in [2.24, 2.45) is 5.10 Å². The quantitative estimate of drug-likeness (QED) is 0.627. The van der Waals surface area contributed by atoms with Crippen LogP contribution in [0.15, 0.2) is 45.4 Å². The Hall–Kier alpha value is -1.92. The molecule has 0 unspecified atom stereocenters. The van der Waals surface area contributed by atoms with E-state index < -0.39 is 0 Å². The minimum absolute atomic E-state index is 0.00460. The molecule has 3 aromatic rings. The Balaban J connectivity index is 1.74. The second-order valence-electron chi connectivity index (χ2n) is 6.10. The Morgan fingerprint density at radius 1 is 1.08 bits per heavy atom. The molecule has 1 aliphatic carbocycles. The molecule has 2 aliphatic rings. The number of aryl methyl sites for hydroxylation is 2. The molecule has 0 radical (unpaired) electrons. The number of thioether (sulfide) groups is 1. The van der Waals surface area contributed by atoms with Gasteiger partial charge in [-0.3, -0.25) is 4.79 Å². The zero-order chi connectivity index (χ0) is 16.1.